The molecule has 14 heavy (non-hydrogen) atoms. The van der Waals surface area contributed by atoms with Gasteiger partial charge < -0.3 is 5.11 Å². The third kappa shape index (κ3) is 1.01. The zero-order chi connectivity index (χ0) is 9.54. The molecule has 0 aromatic carbocycles. The Morgan fingerprint density at radius 2 is 2.36 bits per heavy atom. The molecule has 1 N–H and O–H groups in total. The van der Waals surface area contributed by atoms with Gasteiger partial charge in [-0.05, 0) is 18.2 Å². The third-order valence-electron chi connectivity index (χ3n) is 2.22. The highest BCUT2D eigenvalue weighted by molar-refractivity contribution is 8.03. The number of imidazole rings is 1. The molecule has 70 valence electrons. The summed E-state index contributed by atoms with van der Waals surface area (Å²) in [5.74, 6) is 0. The van der Waals surface area contributed by atoms with Crippen molar-refractivity contribution in [3.8, 4) is 0 Å². The summed E-state index contributed by atoms with van der Waals surface area (Å²) in [4.78, 5) is 5.25. The second-order valence-electron chi connectivity index (χ2n) is 3.11. The first-order chi connectivity index (χ1) is 6.88. The molecule has 4 heteroatoms. The van der Waals surface area contributed by atoms with Crippen LogP contribution in [0.5, 0.6) is 0 Å². The highest BCUT2D eigenvalue weighted by atomic mass is 32.2. The number of pyridine rings is 1. The molecule has 0 bridgehead atoms. The lowest BCUT2D eigenvalue weighted by Crippen LogP contribution is -1.99. The molecular weight excluding hydrogens is 196 g/mol. The molecule has 2 aromatic heterocycles. The van der Waals surface area contributed by atoms with Crippen molar-refractivity contribution >= 4 is 23.5 Å². The number of aliphatic hydroxyl groups excluding tert-OH is 1. The Hall–Kier alpha value is -1.26. The number of aromatic nitrogens is 2. The van der Waals surface area contributed by atoms with Crippen molar-refractivity contribution in [3.63, 3.8) is 0 Å². The molecule has 0 aliphatic carbocycles. The summed E-state index contributed by atoms with van der Waals surface area (Å²) in [5.41, 5.74) is 2.00. The maximum Gasteiger partial charge on any atom is 0.138 e. The fourth-order valence-electron chi connectivity index (χ4n) is 1.62. The number of hydrogen-bond donors (Lipinski definition) is 1. The molecule has 3 rings (SSSR count). The highest BCUT2D eigenvalue weighted by Crippen LogP contribution is 2.33. The molecule has 0 fully saturated rings. The Kier molecular flexibility index (Phi) is 1.65. The first-order valence-electron chi connectivity index (χ1n) is 4.34. The smallest absolute Gasteiger partial charge is 0.138 e. The van der Waals surface area contributed by atoms with Gasteiger partial charge in [-0.15, -0.1) is 0 Å². The maximum absolute atomic E-state index is 9.09. The average molecular weight is 204 g/mol. The Morgan fingerprint density at radius 3 is 3.21 bits per heavy atom. The van der Waals surface area contributed by atoms with Crippen LogP contribution in [0.3, 0.4) is 0 Å². The molecule has 1 aliphatic heterocycles. The molecular formula is C10H8N2OS. The van der Waals surface area contributed by atoms with Crippen LogP contribution in [0.1, 0.15) is 5.69 Å². The molecule has 0 unspecified atom stereocenters. The summed E-state index contributed by atoms with van der Waals surface area (Å²) < 4.78 is 2.09. The van der Waals surface area contributed by atoms with E-state index in [-0.39, 0.29) is 6.61 Å². The molecule has 0 atom stereocenters. The molecule has 0 radical (unpaired) electrons. The van der Waals surface area contributed by atoms with Crippen LogP contribution >= 0.6 is 11.8 Å². The van der Waals surface area contributed by atoms with Crippen molar-refractivity contribution in [2.75, 3.05) is 6.61 Å². The predicted molar refractivity (Wildman–Crippen MR) is 56.1 cm³/mol. The van der Waals surface area contributed by atoms with Crippen LogP contribution in [0, 0.1) is 0 Å². The van der Waals surface area contributed by atoms with Gasteiger partial charge in [0.05, 0.1) is 23.5 Å². The van der Waals surface area contributed by atoms with Gasteiger partial charge in [0, 0.05) is 4.91 Å². The van der Waals surface area contributed by atoms with E-state index < -0.39 is 0 Å². The van der Waals surface area contributed by atoms with Gasteiger partial charge in [0.15, 0.2) is 0 Å². The first kappa shape index (κ1) is 8.08. The third-order valence-corrected chi connectivity index (χ3v) is 3.26. The van der Waals surface area contributed by atoms with Gasteiger partial charge in [0.1, 0.15) is 5.65 Å². The van der Waals surface area contributed by atoms with E-state index in [9.17, 15) is 0 Å². The second kappa shape index (κ2) is 2.87. The number of aliphatic hydroxyl groups is 1. The standard InChI is InChI=1S/C10H8N2OS/c13-6-8-4-7-5-11-9-2-1-3-10(14-8)12(7)9/h1-5,13H,6H2. The zero-order valence-corrected chi connectivity index (χ0v) is 8.16. The number of hydrogen-bond acceptors (Lipinski definition) is 3. The van der Waals surface area contributed by atoms with Crippen molar-refractivity contribution in [2.24, 2.45) is 0 Å². The Bertz CT molecular complexity index is 530. The number of thioether (sulfide) groups is 1. The van der Waals surface area contributed by atoms with Gasteiger partial charge in [-0.1, -0.05) is 17.8 Å². The predicted octanol–water partition coefficient (Wildman–Crippen LogP) is 1.77. The van der Waals surface area contributed by atoms with E-state index in [1.54, 1.807) is 11.8 Å². The van der Waals surface area contributed by atoms with Crippen molar-refractivity contribution in [3.05, 3.63) is 35.0 Å². The first-order valence-corrected chi connectivity index (χ1v) is 5.16. The van der Waals surface area contributed by atoms with Crippen LogP contribution in [0.4, 0.5) is 0 Å². The van der Waals surface area contributed by atoms with Crippen LogP contribution in [-0.2, 0) is 0 Å². The lowest BCUT2D eigenvalue weighted by atomic mass is 10.4. The largest absolute Gasteiger partial charge is 0.391 e. The zero-order valence-electron chi connectivity index (χ0n) is 7.34. The average Bonchev–Trinajstić information content (AvgIpc) is 2.64. The van der Waals surface area contributed by atoms with Crippen molar-refractivity contribution in [1.82, 2.24) is 9.38 Å². The van der Waals surface area contributed by atoms with E-state index in [4.69, 9.17) is 5.11 Å². The van der Waals surface area contributed by atoms with Crippen LogP contribution in [0.2, 0.25) is 0 Å². The Balaban J connectivity index is 2.35. The van der Waals surface area contributed by atoms with E-state index in [2.05, 4.69) is 9.38 Å². The molecule has 0 amide bonds. The van der Waals surface area contributed by atoms with E-state index in [1.807, 2.05) is 30.5 Å². The van der Waals surface area contributed by atoms with E-state index in [0.29, 0.717) is 0 Å². The summed E-state index contributed by atoms with van der Waals surface area (Å²) in [6.07, 6.45) is 3.80. The fourth-order valence-corrected chi connectivity index (χ4v) is 2.57. The van der Waals surface area contributed by atoms with Crippen molar-refractivity contribution in [1.29, 1.82) is 0 Å². The molecule has 0 saturated carbocycles. The minimum absolute atomic E-state index is 0.0895. The van der Waals surface area contributed by atoms with Gasteiger partial charge in [0.2, 0.25) is 0 Å². The monoisotopic (exact) mass is 204 g/mol. The summed E-state index contributed by atoms with van der Waals surface area (Å²) in [5, 5.41) is 10.2. The Labute approximate surface area is 85.1 Å². The summed E-state index contributed by atoms with van der Waals surface area (Å²) in [6, 6.07) is 5.99. The van der Waals surface area contributed by atoms with Crippen LogP contribution in [-0.4, -0.2) is 21.1 Å². The summed E-state index contributed by atoms with van der Waals surface area (Å²) >= 11 is 1.59. The van der Waals surface area contributed by atoms with Crippen molar-refractivity contribution in [2.45, 2.75) is 5.03 Å². The van der Waals surface area contributed by atoms with E-state index in [1.165, 1.54) is 0 Å². The molecule has 0 spiro atoms. The molecule has 3 heterocycles. The molecule has 2 aromatic rings. The lowest BCUT2D eigenvalue weighted by molar-refractivity contribution is 0.340. The van der Waals surface area contributed by atoms with E-state index in [0.717, 1.165) is 21.3 Å². The molecule has 3 nitrogen and oxygen atoms in total. The maximum atomic E-state index is 9.09. The minimum atomic E-state index is 0.0895. The van der Waals surface area contributed by atoms with Gasteiger partial charge >= 0.3 is 0 Å². The van der Waals surface area contributed by atoms with Gasteiger partial charge in [-0.3, -0.25) is 4.40 Å². The Morgan fingerprint density at radius 1 is 1.43 bits per heavy atom. The highest BCUT2D eigenvalue weighted by Gasteiger charge is 2.13. The van der Waals surface area contributed by atoms with Gasteiger partial charge in [-0.2, -0.15) is 0 Å². The second-order valence-corrected chi connectivity index (χ2v) is 4.26. The fraction of sp³-hybridized carbons (Fsp3) is 0.100. The van der Waals surface area contributed by atoms with E-state index >= 15 is 0 Å². The summed E-state index contributed by atoms with van der Waals surface area (Å²) in [7, 11) is 0. The SMILES string of the molecule is OCC1=Cc2cnc3cccc(n23)S1. The lowest BCUT2D eigenvalue weighted by Gasteiger charge is -2.13. The quantitative estimate of drug-likeness (QED) is 0.769. The van der Waals surface area contributed by atoms with Crippen LogP contribution < -0.4 is 0 Å². The van der Waals surface area contributed by atoms with Crippen LogP contribution in [0.25, 0.3) is 11.7 Å². The van der Waals surface area contributed by atoms with Gasteiger partial charge in [-0.25, -0.2) is 4.98 Å². The topological polar surface area (TPSA) is 37.5 Å². The number of rotatable bonds is 1. The number of nitrogens with zero attached hydrogens (tertiary/aromatic N) is 2. The molecule has 1 aliphatic rings. The molecule has 0 saturated heterocycles. The minimum Gasteiger partial charge on any atom is -0.391 e. The normalized spacial score (nSPS) is 14.5. The van der Waals surface area contributed by atoms with Crippen LogP contribution in [0.15, 0.2) is 34.3 Å². The van der Waals surface area contributed by atoms with Gasteiger partial charge in [0.25, 0.3) is 0 Å². The van der Waals surface area contributed by atoms with Crippen molar-refractivity contribution < 1.29 is 5.11 Å². The summed E-state index contributed by atoms with van der Waals surface area (Å²) in [6.45, 7) is 0.0895.